The van der Waals surface area contributed by atoms with E-state index in [0.29, 0.717) is 73.4 Å². The van der Waals surface area contributed by atoms with Crippen molar-refractivity contribution in [1.82, 2.24) is 25.1 Å². The predicted molar refractivity (Wildman–Crippen MR) is 247 cm³/mol. The standard InChI is InChI=1S/C46H55FN10O7S/c1-29-28-49-45(53-41(29)50-31-11-10-12-33(25-31)54-65(63,64)46(2,3)4)51-32-15-17-37(36(47)27-32)55-21-23-56(24-22-55)40(59)13-8-6-5-7-9-20-48-30-14-16-34-35(26-30)44(62)57(43(34)61)38-18-19-39(58)52-42(38)60/h10-12,14-17,25-28,38,48,54H,5-9,13,18-24H2,1-4H3,(H,52,58,60)(H2,49,50,51,53). The number of fused-ring (bicyclic) bond motifs is 1. The van der Waals surface area contributed by atoms with Crippen LogP contribution < -0.4 is 30.9 Å². The van der Waals surface area contributed by atoms with E-state index in [2.05, 4.69) is 36.0 Å². The lowest BCUT2D eigenvalue weighted by molar-refractivity contribution is -0.136. The Kier molecular flexibility index (Phi) is 14.0. The lowest BCUT2D eigenvalue weighted by Gasteiger charge is -2.36. The van der Waals surface area contributed by atoms with Crippen LogP contribution in [0.15, 0.2) is 66.9 Å². The van der Waals surface area contributed by atoms with Crippen molar-refractivity contribution in [3.05, 3.63) is 89.4 Å². The van der Waals surface area contributed by atoms with Gasteiger partial charge in [0.05, 0.1) is 27.2 Å². The topological polar surface area (TPSA) is 215 Å². The molecule has 0 aliphatic carbocycles. The molecule has 4 heterocycles. The van der Waals surface area contributed by atoms with Crippen molar-refractivity contribution in [2.24, 2.45) is 0 Å². The number of nitrogens with one attached hydrogen (secondary N) is 5. The molecule has 17 nitrogen and oxygen atoms in total. The fraction of sp³-hybridized carbons (Fsp3) is 0.413. The number of carbonyl (C=O) groups excluding carboxylic acids is 5. The van der Waals surface area contributed by atoms with E-state index in [-0.39, 0.29) is 35.8 Å². The van der Waals surface area contributed by atoms with Gasteiger partial charge >= 0.3 is 0 Å². The highest BCUT2D eigenvalue weighted by atomic mass is 32.2. The molecule has 3 aromatic carbocycles. The number of aromatic nitrogens is 2. The van der Waals surface area contributed by atoms with Crippen LogP contribution in [0.4, 0.5) is 44.6 Å². The third kappa shape index (κ3) is 11.0. The van der Waals surface area contributed by atoms with Crippen LogP contribution in [0.25, 0.3) is 0 Å². The number of amides is 5. The number of unbranched alkanes of at least 4 members (excludes halogenated alkanes) is 4. The first-order chi connectivity index (χ1) is 31.0. The lowest BCUT2D eigenvalue weighted by atomic mass is 10.0. The molecular formula is C46H55FN10O7S. The Morgan fingerprint density at radius 3 is 2.26 bits per heavy atom. The summed E-state index contributed by atoms with van der Waals surface area (Å²) in [6.07, 6.45) is 6.72. The summed E-state index contributed by atoms with van der Waals surface area (Å²) < 4.78 is 42.5. The second kappa shape index (κ2) is 19.6. The maximum atomic E-state index is 15.5. The van der Waals surface area contributed by atoms with Crippen molar-refractivity contribution in [3.8, 4) is 0 Å². The van der Waals surface area contributed by atoms with Gasteiger partial charge in [-0.25, -0.2) is 17.8 Å². The van der Waals surface area contributed by atoms with Crippen molar-refractivity contribution in [2.75, 3.05) is 58.3 Å². The quantitative estimate of drug-likeness (QED) is 0.0570. The number of sulfonamides is 1. The molecule has 3 aliphatic heterocycles. The fourth-order valence-corrected chi connectivity index (χ4v) is 8.55. The average Bonchev–Trinajstić information content (AvgIpc) is 3.50. The Labute approximate surface area is 378 Å². The third-order valence-electron chi connectivity index (χ3n) is 11.7. The summed E-state index contributed by atoms with van der Waals surface area (Å²) in [6, 6.07) is 15.7. The lowest BCUT2D eigenvalue weighted by Crippen LogP contribution is -2.54. The van der Waals surface area contributed by atoms with Crippen LogP contribution in [0.5, 0.6) is 0 Å². The molecule has 2 fully saturated rings. The molecule has 4 aromatic rings. The van der Waals surface area contributed by atoms with E-state index in [1.165, 1.54) is 6.07 Å². The summed E-state index contributed by atoms with van der Waals surface area (Å²) in [6.45, 7) is 9.38. The number of carbonyl (C=O) groups is 5. The number of halogens is 1. The number of anilines is 7. The minimum atomic E-state index is -3.61. The molecular weight excluding hydrogens is 856 g/mol. The van der Waals surface area contributed by atoms with Gasteiger partial charge in [0.2, 0.25) is 33.7 Å². The number of piperidine rings is 1. The molecule has 5 amide bonds. The first kappa shape index (κ1) is 46.4. The summed E-state index contributed by atoms with van der Waals surface area (Å²) in [5.74, 6) is -1.71. The van der Waals surface area contributed by atoms with Crippen molar-refractivity contribution in [1.29, 1.82) is 0 Å². The van der Waals surface area contributed by atoms with E-state index < -0.39 is 50.3 Å². The molecule has 0 radical (unpaired) electrons. The molecule has 344 valence electrons. The number of hydrogen-bond acceptors (Lipinski definition) is 13. The molecule has 19 heteroatoms. The van der Waals surface area contributed by atoms with E-state index in [4.69, 9.17) is 0 Å². The van der Waals surface area contributed by atoms with Gasteiger partial charge in [0.1, 0.15) is 17.7 Å². The zero-order valence-electron chi connectivity index (χ0n) is 37.0. The molecule has 2 saturated heterocycles. The van der Waals surface area contributed by atoms with Gasteiger partial charge < -0.3 is 25.8 Å². The highest BCUT2D eigenvalue weighted by Crippen LogP contribution is 2.31. The summed E-state index contributed by atoms with van der Waals surface area (Å²) in [5.41, 5.74) is 3.85. The first-order valence-corrected chi connectivity index (χ1v) is 23.4. The SMILES string of the molecule is Cc1cnc(Nc2ccc(N3CCN(C(=O)CCCCCCCNc4ccc5c(c4)C(=O)N(C4CCC(=O)NC4=O)C5=O)CC3)c(F)c2)nc1Nc1cccc(NS(=O)(=O)C(C)(C)C)c1. The number of aryl methyl sites for hydroxylation is 1. The zero-order chi connectivity index (χ0) is 46.5. The van der Waals surface area contributed by atoms with Crippen LogP contribution in [0, 0.1) is 12.7 Å². The van der Waals surface area contributed by atoms with Crippen molar-refractivity contribution in [3.63, 3.8) is 0 Å². The molecule has 0 saturated carbocycles. The van der Waals surface area contributed by atoms with Crippen LogP contribution >= 0.6 is 0 Å². The van der Waals surface area contributed by atoms with Crippen LogP contribution in [-0.4, -0.2) is 101 Å². The molecule has 1 unspecified atom stereocenters. The van der Waals surface area contributed by atoms with Crippen LogP contribution in [-0.2, 0) is 24.4 Å². The number of imide groups is 2. The van der Waals surface area contributed by atoms with Gasteiger partial charge in [0, 0.05) is 74.4 Å². The Balaban J connectivity index is 0.798. The van der Waals surface area contributed by atoms with Crippen molar-refractivity contribution in [2.45, 2.75) is 89.9 Å². The number of nitrogens with zero attached hydrogens (tertiary/aromatic N) is 5. The van der Waals surface area contributed by atoms with Gasteiger partial charge in [-0.1, -0.05) is 25.3 Å². The monoisotopic (exact) mass is 910 g/mol. The molecule has 1 aromatic heterocycles. The van der Waals surface area contributed by atoms with Gasteiger partial charge in [0.25, 0.3) is 11.8 Å². The Morgan fingerprint density at radius 1 is 0.831 bits per heavy atom. The molecule has 3 aliphatic rings. The molecule has 0 bridgehead atoms. The van der Waals surface area contributed by atoms with Gasteiger partial charge in [0.15, 0.2) is 0 Å². The van der Waals surface area contributed by atoms with Crippen molar-refractivity contribution < 1.29 is 36.8 Å². The maximum Gasteiger partial charge on any atom is 0.262 e. The maximum absolute atomic E-state index is 15.5. The summed E-state index contributed by atoms with van der Waals surface area (Å²) in [7, 11) is -3.61. The van der Waals surface area contributed by atoms with Gasteiger partial charge in [-0.15, -0.1) is 0 Å². The van der Waals surface area contributed by atoms with Gasteiger partial charge in [-0.2, -0.15) is 4.98 Å². The third-order valence-corrected chi connectivity index (χ3v) is 13.8. The minimum Gasteiger partial charge on any atom is -0.385 e. The molecule has 65 heavy (non-hydrogen) atoms. The Hall–Kier alpha value is -6.63. The second-order valence-electron chi connectivity index (χ2n) is 17.5. The van der Waals surface area contributed by atoms with E-state index in [9.17, 15) is 32.4 Å². The summed E-state index contributed by atoms with van der Waals surface area (Å²) in [4.78, 5) is 76.6. The van der Waals surface area contributed by atoms with E-state index in [1.54, 1.807) is 81.6 Å². The smallest absolute Gasteiger partial charge is 0.262 e. The highest BCUT2D eigenvalue weighted by Gasteiger charge is 2.44. The number of piperazine rings is 1. The van der Waals surface area contributed by atoms with Crippen LogP contribution in [0.3, 0.4) is 0 Å². The zero-order valence-corrected chi connectivity index (χ0v) is 37.8. The molecule has 7 rings (SSSR count). The molecule has 0 spiro atoms. The van der Waals surface area contributed by atoms with E-state index >= 15 is 4.39 Å². The van der Waals surface area contributed by atoms with Crippen LogP contribution in [0.1, 0.15) is 98.4 Å². The summed E-state index contributed by atoms with van der Waals surface area (Å²) in [5, 5.41) is 11.8. The number of benzene rings is 3. The van der Waals surface area contributed by atoms with Crippen LogP contribution in [0.2, 0.25) is 0 Å². The predicted octanol–water partition coefficient (Wildman–Crippen LogP) is 6.45. The van der Waals surface area contributed by atoms with E-state index in [1.807, 2.05) is 16.7 Å². The summed E-state index contributed by atoms with van der Waals surface area (Å²) >= 11 is 0. The molecule has 5 N–H and O–H groups in total. The Morgan fingerprint density at radius 2 is 1.52 bits per heavy atom. The minimum absolute atomic E-state index is 0.0664. The van der Waals surface area contributed by atoms with Gasteiger partial charge in [-0.3, -0.25) is 38.9 Å². The van der Waals surface area contributed by atoms with Crippen molar-refractivity contribution >= 4 is 79.8 Å². The first-order valence-electron chi connectivity index (χ1n) is 21.9. The highest BCUT2D eigenvalue weighted by molar-refractivity contribution is 7.94. The fourth-order valence-electron chi connectivity index (χ4n) is 7.80. The largest absolute Gasteiger partial charge is 0.385 e. The average molecular weight is 911 g/mol. The number of rotatable bonds is 17. The van der Waals surface area contributed by atoms with Gasteiger partial charge in [-0.05, 0) is 102 Å². The number of hydrogen-bond donors (Lipinski definition) is 5. The second-order valence-corrected chi connectivity index (χ2v) is 19.9. The Bertz CT molecular complexity index is 2590. The molecule has 1 atom stereocenters. The van der Waals surface area contributed by atoms with E-state index in [0.717, 1.165) is 42.6 Å². The normalized spacial score (nSPS) is 16.6.